The molecule has 2 aromatic heterocycles. The molecule has 1 atom stereocenters. The number of benzene rings is 2. The van der Waals surface area contributed by atoms with Crippen molar-refractivity contribution in [3.63, 3.8) is 0 Å². The van der Waals surface area contributed by atoms with Crippen LogP contribution in [0, 0.1) is 11.3 Å². The van der Waals surface area contributed by atoms with E-state index >= 15 is 0 Å². The summed E-state index contributed by atoms with van der Waals surface area (Å²) in [6.45, 7) is 1.32. The average Bonchev–Trinajstić information content (AvgIpc) is 3.37. The van der Waals surface area contributed by atoms with Gasteiger partial charge in [0.25, 0.3) is 0 Å². The summed E-state index contributed by atoms with van der Waals surface area (Å²) >= 11 is 6.40. The molecule has 5 rings (SSSR count). The minimum Gasteiger partial charge on any atom is -0.495 e. The zero-order chi connectivity index (χ0) is 20.0. The van der Waals surface area contributed by atoms with Crippen molar-refractivity contribution < 1.29 is 9.47 Å². The third-order valence-electron chi connectivity index (χ3n) is 5.20. The number of H-pyrrole nitrogens is 1. The summed E-state index contributed by atoms with van der Waals surface area (Å²) in [6, 6.07) is 15.4. The van der Waals surface area contributed by atoms with Crippen LogP contribution in [0.25, 0.3) is 22.3 Å². The average molecular weight is 405 g/mol. The zero-order valence-electron chi connectivity index (χ0n) is 15.6. The highest BCUT2D eigenvalue weighted by atomic mass is 35.5. The molecule has 0 spiro atoms. The van der Waals surface area contributed by atoms with Gasteiger partial charge in [-0.15, -0.1) is 0 Å². The van der Waals surface area contributed by atoms with E-state index < -0.39 is 0 Å². The van der Waals surface area contributed by atoms with Crippen LogP contribution in [-0.2, 0) is 11.3 Å². The van der Waals surface area contributed by atoms with Gasteiger partial charge in [-0.25, -0.2) is 4.98 Å². The van der Waals surface area contributed by atoms with Crippen LogP contribution in [0.3, 0.4) is 0 Å². The summed E-state index contributed by atoms with van der Waals surface area (Å²) in [4.78, 5) is 8.24. The number of halogens is 1. The summed E-state index contributed by atoms with van der Waals surface area (Å²) in [6.07, 6.45) is 1.71. The number of aromatic amines is 1. The van der Waals surface area contributed by atoms with E-state index in [0.717, 1.165) is 40.2 Å². The lowest BCUT2D eigenvalue weighted by Gasteiger charge is -2.24. The van der Waals surface area contributed by atoms with Gasteiger partial charge >= 0.3 is 0 Å². The number of hydrogen-bond acceptors (Lipinski definition) is 4. The van der Waals surface area contributed by atoms with Crippen molar-refractivity contribution in [3.05, 3.63) is 70.6 Å². The number of nitriles is 1. The molecule has 0 bridgehead atoms. The third kappa shape index (κ3) is 2.87. The SMILES string of the molecule is COc1c(C#N)ccc2[nH]c(-c3cn4c(n3)[C@H](c3ccccc3Cl)OCC4)cc12. The lowest BCUT2D eigenvalue weighted by molar-refractivity contribution is 0.0430. The van der Waals surface area contributed by atoms with E-state index in [1.54, 1.807) is 13.2 Å². The number of aromatic nitrogens is 3. The van der Waals surface area contributed by atoms with Crippen molar-refractivity contribution in [3.8, 4) is 23.2 Å². The second kappa shape index (κ2) is 6.96. The Balaban J connectivity index is 1.61. The Morgan fingerprint density at radius 1 is 1.31 bits per heavy atom. The Kier molecular flexibility index (Phi) is 4.27. The highest BCUT2D eigenvalue weighted by Gasteiger charge is 2.27. The maximum atomic E-state index is 9.32. The normalized spacial score (nSPS) is 15.8. The summed E-state index contributed by atoms with van der Waals surface area (Å²) in [5, 5.41) is 10.8. The molecule has 0 aliphatic carbocycles. The first-order valence-electron chi connectivity index (χ1n) is 9.23. The molecule has 1 aliphatic rings. The van der Waals surface area contributed by atoms with Gasteiger partial charge in [0.1, 0.15) is 29.4 Å². The minimum absolute atomic E-state index is 0.310. The molecule has 0 saturated heterocycles. The van der Waals surface area contributed by atoms with Crippen molar-refractivity contribution in [2.75, 3.05) is 13.7 Å². The molecular formula is C22H17ClN4O2. The van der Waals surface area contributed by atoms with Gasteiger partial charge in [0.05, 0.1) is 25.0 Å². The first kappa shape index (κ1) is 17.8. The fraction of sp³-hybridized carbons (Fsp3) is 0.182. The van der Waals surface area contributed by atoms with E-state index in [-0.39, 0.29) is 6.10 Å². The van der Waals surface area contributed by atoms with Gasteiger partial charge in [-0.2, -0.15) is 5.26 Å². The Bertz CT molecular complexity index is 1270. The Morgan fingerprint density at radius 3 is 2.97 bits per heavy atom. The van der Waals surface area contributed by atoms with Crippen LogP contribution < -0.4 is 4.74 Å². The van der Waals surface area contributed by atoms with Crippen molar-refractivity contribution in [1.82, 2.24) is 14.5 Å². The van der Waals surface area contributed by atoms with Crippen LogP contribution in [0.4, 0.5) is 0 Å². The quantitative estimate of drug-likeness (QED) is 0.537. The van der Waals surface area contributed by atoms with E-state index in [1.165, 1.54) is 0 Å². The van der Waals surface area contributed by atoms with Gasteiger partial charge in [0.2, 0.25) is 0 Å². The molecule has 29 heavy (non-hydrogen) atoms. The lowest BCUT2D eigenvalue weighted by Crippen LogP contribution is -2.22. The number of nitrogens with one attached hydrogen (secondary N) is 1. The van der Waals surface area contributed by atoms with Crippen molar-refractivity contribution in [1.29, 1.82) is 5.26 Å². The summed E-state index contributed by atoms with van der Waals surface area (Å²) in [7, 11) is 1.57. The molecule has 0 fully saturated rings. The van der Waals surface area contributed by atoms with Crippen molar-refractivity contribution >= 4 is 22.5 Å². The first-order valence-corrected chi connectivity index (χ1v) is 9.60. The summed E-state index contributed by atoms with van der Waals surface area (Å²) < 4.78 is 13.6. The Labute approximate surface area is 172 Å². The van der Waals surface area contributed by atoms with Gasteiger partial charge in [0, 0.05) is 34.2 Å². The van der Waals surface area contributed by atoms with Gasteiger partial charge in [0.15, 0.2) is 0 Å². The molecule has 1 N–H and O–H groups in total. The fourth-order valence-electron chi connectivity index (χ4n) is 3.83. The summed E-state index contributed by atoms with van der Waals surface area (Å²) in [5.74, 6) is 1.39. The van der Waals surface area contributed by atoms with Crippen molar-refractivity contribution in [2.45, 2.75) is 12.6 Å². The highest BCUT2D eigenvalue weighted by molar-refractivity contribution is 6.31. The molecule has 0 amide bonds. The predicted molar refractivity (Wildman–Crippen MR) is 110 cm³/mol. The number of fused-ring (bicyclic) bond motifs is 2. The molecule has 0 saturated carbocycles. The van der Waals surface area contributed by atoms with E-state index in [4.69, 9.17) is 26.1 Å². The van der Waals surface area contributed by atoms with Gasteiger partial charge < -0.3 is 19.0 Å². The standard InChI is InChI=1S/C22H17ClN4O2/c1-28-20-13(11-24)6-7-17-15(20)10-18(25-17)19-12-27-8-9-29-21(22(27)26-19)14-4-2-3-5-16(14)23/h2-7,10,12,21,25H,8-9H2,1H3/t21-/m0/s1. The maximum absolute atomic E-state index is 9.32. The highest BCUT2D eigenvalue weighted by Crippen LogP contribution is 2.36. The van der Waals surface area contributed by atoms with E-state index in [0.29, 0.717) is 22.9 Å². The largest absolute Gasteiger partial charge is 0.495 e. The molecule has 7 heteroatoms. The molecule has 6 nitrogen and oxygen atoms in total. The third-order valence-corrected chi connectivity index (χ3v) is 5.55. The van der Waals surface area contributed by atoms with Crippen molar-refractivity contribution in [2.24, 2.45) is 0 Å². The Morgan fingerprint density at radius 2 is 2.17 bits per heavy atom. The van der Waals surface area contributed by atoms with E-state index in [1.807, 2.05) is 42.6 Å². The zero-order valence-corrected chi connectivity index (χ0v) is 16.4. The minimum atomic E-state index is -0.310. The second-order valence-electron chi connectivity index (χ2n) is 6.85. The van der Waals surface area contributed by atoms with Gasteiger partial charge in [-0.3, -0.25) is 0 Å². The van der Waals surface area contributed by atoms with Gasteiger partial charge in [-0.05, 0) is 24.3 Å². The Hall–Kier alpha value is -3.27. The molecule has 4 aromatic rings. The summed E-state index contributed by atoms with van der Waals surface area (Å²) in [5.41, 5.74) is 3.96. The maximum Gasteiger partial charge on any atom is 0.146 e. The topological polar surface area (TPSA) is 75.9 Å². The lowest BCUT2D eigenvalue weighted by atomic mass is 10.1. The first-order chi connectivity index (χ1) is 14.2. The van der Waals surface area contributed by atoms with Crippen LogP contribution in [0.15, 0.2) is 48.7 Å². The fourth-order valence-corrected chi connectivity index (χ4v) is 4.07. The van der Waals surface area contributed by atoms with Crippen LogP contribution in [0.5, 0.6) is 5.75 Å². The molecule has 1 aliphatic heterocycles. The number of nitrogens with zero attached hydrogens (tertiary/aromatic N) is 3. The number of rotatable bonds is 3. The molecule has 2 aromatic carbocycles. The van der Waals surface area contributed by atoms with E-state index in [2.05, 4.69) is 15.6 Å². The van der Waals surface area contributed by atoms with Crippen LogP contribution >= 0.6 is 11.6 Å². The van der Waals surface area contributed by atoms with Gasteiger partial charge in [-0.1, -0.05) is 29.8 Å². The van der Waals surface area contributed by atoms with E-state index in [9.17, 15) is 5.26 Å². The molecule has 0 radical (unpaired) electrons. The van der Waals surface area contributed by atoms with Crippen LogP contribution in [0.1, 0.15) is 23.1 Å². The molecular weight excluding hydrogens is 388 g/mol. The van der Waals surface area contributed by atoms with Crippen LogP contribution in [0.2, 0.25) is 5.02 Å². The number of hydrogen-bond donors (Lipinski definition) is 1. The monoisotopic (exact) mass is 404 g/mol. The smallest absolute Gasteiger partial charge is 0.146 e. The molecule has 144 valence electrons. The second-order valence-corrected chi connectivity index (χ2v) is 7.26. The van der Waals surface area contributed by atoms with Crippen LogP contribution in [-0.4, -0.2) is 28.3 Å². The molecule has 3 heterocycles. The predicted octanol–water partition coefficient (Wildman–Crippen LogP) is 4.68. The number of methoxy groups -OCH3 is 1. The number of ether oxygens (including phenoxy) is 2. The number of imidazole rings is 1. The molecule has 0 unspecified atom stereocenters.